The molecule has 0 bridgehead atoms. The van der Waals surface area contributed by atoms with E-state index in [2.05, 4.69) is 46.0 Å². The lowest BCUT2D eigenvalue weighted by Gasteiger charge is -2.32. The highest BCUT2D eigenvalue weighted by Gasteiger charge is 2.22. The first-order valence-corrected chi connectivity index (χ1v) is 10.6. The van der Waals surface area contributed by atoms with Crippen LogP contribution in [0.2, 0.25) is 0 Å². The largest absolute Gasteiger partial charge is 0.469 e. The molecule has 1 fully saturated rings. The first-order valence-electron chi connectivity index (χ1n) is 10.6. The maximum Gasteiger partial charge on any atom is 0.244 e. The van der Waals surface area contributed by atoms with Gasteiger partial charge in [0.15, 0.2) is 5.96 Å². The molecule has 1 aliphatic heterocycles. The zero-order valence-corrected chi connectivity index (χ0v) is 17.3. The maximum absolute atomic E-state index is 12.6. The third-order valence-electron chi connectivity index (χ3n) is 5.30. The highest BCUT2D eigenvalue weighted by molar-refractivity contribution is 5.85. The number of hydrogen-bond acceptors (Lipinski definition) is 3. The van der Waals surface area contributed by atoms with Crippen LogP contribution in [-0.2, 0) is 17.6 Å². The fraction of sp³-hybridized carbons (Fsp3) is 0.478. The van der Waals surface area contributed by atoms with Crippen LogP contribution in [0.4, 0.5) is 0 Å². The van der Waals surface area contributed by atoms with Gasteiger partial charge in [0.25, 0.3) is 0 Å². The van der Waals surface area contributed by atoms with Gasteiger partial charge in [-0.25, -0.2) is 4.99 Å². The Bertz CT molecular complexity index is 750. The Morgan fingerprint density at radius 2 is 1.93 bits per heavy atom. The van der Waals surface area contributed by atoms with Crippen molar-refractivity contribution in [2.24, 2.45) is 10.9 Å². The zero-order chi connectivity index (χ0) is 20.3. The minimum atomic E-state index is 0.103. The van der Waals surface area contributed by atoms with Gasteiger partial charge in [0.2, 0.25) is 5.91 Å². The van der Waals surface area contributed by atoms with Crippen LogP contribution in [-0.4, -0.2) is 49.5 Å². The molecule has 0 aliphatic carbocycles. The lowest BCUT2D eigenvalue weighted by Crippen LogP contribution is -2.42. The van der Waals surface area contributed by atoms with Gasteiger partial charge in [-0.15, -0.1) is 0 Å². The van der Waals surface area contributed by atoms with Gasteiger partial charge in [-0.2, -0.15) is 0 Å². The van der Waals surface area contributed by atoms with E-state index in [0.717, 1.165) is 51.1 Å². The minimum absolute atomic E-state index is 0.103. The minimum Gasteiger partial charge on any atom is -0.469 e. The van der Waals surface area contributed by atoms with Gasteiger partial charge in [0.05, 0.1) is 6.26 Å². The van der Waals surface area contributed by atoms with E-state index in [-0.39, 0.29) is 12.5 Å². The predicted octanol–water partition coefficient (Wildman–Crippen LogP) is 2.86. The summed E-state index contributed by atoms with van der Waals surface area (Å²) < 4.78 is 5.34. The van der Waals surface area contributed by atoms with Crippen LogP contribution in [0, 0.1) is 5.92 Å². The van der Waals surface area contributed by atoms with Crippen molar-refractivity contribution in [3.05, 3.63) is 60.1 Å². The summed E-state index contributed by atoms with van der Waals surface area (Å²) in [6.45, 7) is 5.31. The molecule has 2 heterocycles. The van der Waals surface area contributed by atoms with Crippen molar-refractivity contribution in [1.29, 1.82) is 0 Å². The number of carbonyl (C=O) groups is 1. The van der Waals surface area contributed by atoms with Crippen molar-refractivity contribution in [3.8, 4) is 0 Å². The number of amides is 1. The summed E-state index contributed by atoms with van der Waals surface area (Å²) in [5.74, 6) is 2.37. The van der Waals surface area contributed by atoms with Gasteiger partial charge >= 0.3 is 0 Å². The summed E-state index contributed by atoms with van der Waals surface area (Å²) in [5, 5.41) is 6.45. The van der Waals surface area contributed by atoms with Crippen molar-refractivity contribution < 1.29 is 9.21 Å². The van der Waals surface area contributed by atoms with E-state index >= 15 is 0 Å². The molecule has 0 saturated carbocycles. The summed E-state index contributed by atoms with van der Waals surface area (Å²) >= 11 is 0. The SMILES string of the molecule is CCNC(=NCC(=O)N1CCC(Cc2ccccc2)CC1)NCCc1ccco1. The zero-order valence-electron chi connectivity index (χ0n) is 17.3. The Kier molecular flexibility index (Phi) is 8.16. The lowest BCUT2D eigenvalue weighted by atomic mass is 9.90. The molecule has 3 rings (SSSR count). The second-order valence-electron chi connectivity index (χ2n) is 7.47. The Morgan fingerprint density at radius 1 is 1.14 bits per heavy atom. The number of guanidine groups is 1. The predicted molar refractivity (Wildman–Crippen MR) is 116 cm³/mol. The maximum atomic E-state index is 12.6. The van der Waals surface area contributed by atoms with E-state index in [1.807, 2.05) is 24.0 Å². The molecule has 156 valence electrons. The molecule has 0 spiro atoms. The fourth-order valence-corrected chi connectivity index (χ4v) is 3.68. The van der Waals surface area contributed by atoms with Gasteiger partial charge in [0.1, 0.15) is 12.3 Å². The van der Waals surface area contributed by atoms with E-state index in [0.29, 0.717) is 18.4 Å². The number of nitrogens with one attached hydrogen (secondary N) is 2. The summed E-state index contributed by atoms with van der Waals surface area (Å²) in [5.41, 5.74) is 1.39. The summed E-state index contributed by atoms with van der Waals surface area (Å²) in [6.07, 6.45) is 5.68. The number of likely N-dealkylation sites (tertiary alicyclic amines) is 1. The quantitative estimate of drug-likeness (QED) is 0.532. The first kappa shape index (κ1) is 21.0. The second-order valence-corrected chi connectivity index (χ2v) is 7.47. The Hall–Kier alpha value is -2.76. The molecule has 1 saturated heterocycles. The van der Waals surface area contributed by atoms with Crippen LogP contribution in [0.5, 0.6) is 0 Å². The molecule has 0 radical (unpaired) electrons. The average molecular weight is 397 g/mol. The molecular formula is C23H32N4O2. The third-order valence-corrected chi connectivity index (χ3v) is 5.30. The number of piperidine rings is 1. The van der Waals surface area contributed by atoms with E-state index in [9.17, 15) is 4.79 Å². The highest BCUT2D eigenvalue weighted by atomic mass is 16.3. The highest BCUT2D eigenvalue weighted by Crippen LogP contribution is 2.21. The molecule has 1 aliphatic rings. The van der Waals surface area contributed by atoms with Crippen LogP contribution >= 0.6 is 0 Å². The average Bonchev–Trinajstić information content (AvgIpc) is 3.26. The van der Waals surface area contributed by atoms with Crippen LogP contribution < -0.4 is 10.6 Å². The Labute approximate surface area is 173 Å². The topological polar surface area (TPSA) is 69.9 Å². The molecular weight excluding hydrogens is 364 g/mol. The van der Waals surface area contributed by atoms with Crippen molar-refractivity contribution in [3.63, 3.8) is 0 Å². The molecule has 6 nitrogen and oxygen atoms in total. The van der Waals surface area contributed by atoms with Gasteiger partial charge < -0.3 is 20.0 Å². The number of hydrogen-bond donors (Lipinski definition) is 2. The number of aliphatic imine (C=N–C) groups is 1. The molecule has 0 atom stereocenters. The van der Waals surface area contributed by atoms with E-state index < -0.39 is 0 Å². The van der Waals surface area contributed by atoms with Gasteiger partial charge in [-0.05, 0) is 49.8 Å². The molecule has 1 amide bonds. The molecule has 1 aromatic carbocycles. The van der Waals surface area contributed by atoms with Gasteiger partial charge in [0, 0.05) is 32.6 Å². The van der Waals surface area contributed by atoms with Gasteiger partial charge in [-0.3, -0.25) is 4.79 Å². The van der Waals surface area contributed by atoms with Crippen LogP contribution in [0.25, 0.3) is 0 Å². The second kappa shape index (κ2) is 11.3. The van der Waals surface area contributed by atoms with Crippen molar-refractivity contribution in [2.75, 3.05) is 32.7 Å². The van der Waals surface area contributed by atoms with Gasteiger partial charge in [-0.1, -0.05) is 30.3 Å². The van der Waals surface area contributed by atoms with E-state index in [4.69, 9.17) is 4.42 Å². The number of carbonyl (C=O) groups excluding carboxylic acids is 1. The first-order chi connectivity index (χ1) is 14.2. The normalized spacial score (nSPS) is 15.3. The molecule has 2 aromatic rings. The number of nitrogens with zero attached hydrogens (tertiary/aromatic N) is 2. The van der Waals surface area contributed by atoms with Crippen LogP contribution in [0.15, 0.2) is 58.1 Å². The fourth-order valence-electron chi connectivity index (χ4n) is 3.68. The smallest absolute Gasteiger partial charge is 0.244 e. The van der Waals surface area contributed by atoms with Crippen LogP contribution in [0.1, 0.15) is 31.1 Å². The Morgan fingerprint density at radius 3 is 2.62 bits per heavy atom. The third kappa shape index (κ3) is 6.97. The molecule has 6 heteroatoms. The number of furan rings is 1. The standard InChI is InChI=1S/C23H32N4O2/c1-2-24-23(25-13-10-21-9-6-16-29-21)26-18-22(28)27-14-11-20(12-15-27)17-19-7-4-3-5-8-19/h3-9,16,20H,2,10-15,17-18H2,1H3,(H2,24,25,26). The number of benzene rings is 1. The summed E-state index contributed by atoms with van der Waals surface area (Å²) in [7, 11) is 0. The van der Waals surface area contributed by atoms with E-state index in [1.54, 1.807) is 6.26 Å². The molecule has 2 N–H and O–H groups in total. The van der Waals surface area contributed by atoms with Crippen molar-refractivity contribution in [1.82, 2.24) is 15.5 Å². The summed E-state index contributed by atoms with van der Waals surface area (Å²) in [6, 6.07) is 14.5. The Balaban J connectivity index is 1.40. The van der Waals surface area contributed by atoms with Crippen molar-refractivity contribution in [2.45, 2.75) is 32.6 Å². The number of rotatable bonds is 8. The monoisotopic (exact) mass is 396 g/mol. The molecule has 29 heavy (non-hydrogen) atoms. The summed E-state index contributed by atoms with van der Waals surface area (Å²) in [4.78, 5) is 19.0. The van der Waals surface area contributed by atoms with E-state index in [1.165, 1.54) is 5.56 Å². The molecule has 0 unspecified atom stereocenters. The molecule has 1 aromatic heterocycles. The van der Waals surface area contributed by atoms with Crippen molar-refractivity contribution >= 4 is 11.9 Å². The lowest BCUT2D eigenvalue weighted by molar-refractivity contribution is -0.130. The van der Waals surface area contributed by atoms with Crippen LogP contribution in [0.3, 0.4) is 0 Å².